The van der Waals surface area contributed by atoms with Gasteiger partial charge in [-0.1, -0.05) is 18.2 Å². The topological polar surface area (TPSA) is 35.5 Å². The Kier molecular flexibility index (Phi) is 3.72. The van der Waals surface area contributed by atoms with Gasteiger partial charge in [-0.2, -0.15) is 0 Å². The molecule has 0 saturated heterocycles. The molecule has 0 unspecified atom stereocenters. The molecule has 3 nitrogen and oxygen atoms in total. The molecule has 1 rings (SSSR count). The van der Waals surface area contributed by atoms with Gasteiger partial charge in [0.2, 0.25) is 0 Å². The lowest BCUT2D eigenvalue weighted by Gasteiger charge is -2.16. The molecule has 1 aromatic rings. The van der Waals surface area contributed by atoms with Crippen LogP contribution in [-0.4, -0.2) is 19.2 Å². The first-order valence-corrected chi connectivity index (χ1v) is 4.87. The van der Waals surface area contributed by atoms with Crippen LogP contribution in [0.25, 0.3) is 0 Å². The first-order valence-electron chi connectivity index (χ1n) is 4.87. The summed E-state index contributed by atoms with van der Waals surface area (Å²) in [5.74, 6) is 0.396. The first-order chi connectivity index (χ1) is 7.06. The molecule has 0 fully saturated rings. The van der Waals surface area contributed by atoms with E-state index in [0.717, 1.165) is 16.9 Å². The maximum absolute atomic E-state index is 11.2. The van der Waals surface area contributed by atoms with Gasteiger partial charge in [0.1, 0.15) is 5.75 Å². The van der Waals surface area contributed by atoms with Crippen molar-refractivity contribution in [3.63, 3.8) is 0 Å². The SMILES string of the molecule is COC(=O)[C@@H](C)Oc1c(C)cccc1C. The maximum atomic E-state index is 11.2. The van der Waals surface area contributed by atoms with Gasteiger partial charge in [0.05, 0.1) is 7.11 Å². The predicted molar refractivity (Wildman–Crippen MR) is 58.0 cm³/mol. The molecule has 0 aliphatic rings. The molecule has 0 N–H and O–H groups in total. The molecule has 0 aliphatic heterocycles. The smallest absolute Gasteiger partial charge is 0.346 e. The number of aryl methyl sites for hydroxylation is 2. The van der Waals surface area contributed by atoms with E-state index in [9.17, 15) is 4.79 Å². The van der Waals surface area contributed by atoms with Crippen LogP contribution in [0.2, 0.25) is 0 Å². The van der Waals surface area contributed by atoms with E-state index in [-0.39, 0.29) is 5.97 Å². The normalized spacial score (nSPS) is 12.0. The number of rotatable bonds is 3. The Balaban J connectivity index is 2.85. The van der Waals surface area contributed by atoms with Crippen molar-refractivity contribution in [3.05, 3.63) is 29.3 Å². The molecular formula is C12H16O3. The van der Waals surface area contributed by atoms with E-state index in [1.807, 2.05) is 32.0 Å². The van der Waals surface area contributed by atoms with E-state index >= 15 is 0 Å². The van der Waals surface area contributed by atoms with Crippen LogP contribution in [-0.2, 0) is 9.53 Å². The van der Waals surface area contributed by atoms with Gasteiger partial charge in [-0.25, -0.2) is 4.79 Å². The molecule has 0 bridgehead atoms. The van der Waals surface area contributed by atoms with E-state index in [0.29, 0.717) is 0 Å². The molecule has 15 heavy (non-hydrogen) atoms. The maximum Gasteiger partial charge on any atom is 0.346 e. The highest BCUT2D eigenvalue weighted by Gasteiger charge is 2.16. The van der Waals surface area contributed by atoms with E-state index in [1.54, 1.807) is 6.92 Å². The summed E-state index contributed by atoms with van der Waals surface area (Å²) < 4.78 is 10.2. The van der Waals surface area contributed by atoms with Gasteiger partial charge >= 0.3 is 5.97 Å². The average molecular weight is 208 g/mol. The molecular weight excluding hydrogens is 192 g/mol. The fraction of sp³-hybridized carbons (Fsp3) is 0.417. The van der Waals surface area contributed by atoms with Gasteiger partial charge in [-0.05, 0) is 31.9 Å². The van der Waals surface area contributed by atoms with E-state index in [2.05, 4.69) is 4.74 Å². The molecule has 0 aromatic heterocycles. The van der Waals surface area contributed by atoms with E-state index in [4.69, 9.17) is 4.74 Å². The minimum absolute atomic E-state index is 0.363. The Hall–Kier alpha value is -1.51. The quantitative estimate of drug-likeness (QED) is 0.715. The lowest BCUT2D eigenvalue weighted by atomic mass is 10.1. The third-order valence-corrected chi connectivity index (χ3v) is 2.24. The van der Waals surface area contributed by atoms with Crippen LogP contribution < -0.4 is 4.74 Å². The van der Waals surface area contributed by atoms with E-state index < -0.39 is 6.10 Å². The Labute approximate surface area is 90.0 Å². The fourth-order valence-corrected chi connectivity index (χ4v) is 1.38. The molecule has 0 heterocycles. The molecule has 0 spiro atoms. The molecule has 0 radical (unpaired) electrons. The van der Waals surface area contributed by atoms with Gasteiger partial charge < -0.3 is 9.47 Å². The monoisotopic (exact) mass is 208 g/mol. The van der Waals surface area contributed by atoms with Crippen LogP contribution in [0.4, 0.5) is 0 Å². The van der Waals surface area contributed by atoms with Crippen molar-refractivity contribution >= 4 is 5.97 Å². The molecule has 1 aromatic carbocycles. The minimum atomic E-state index is -0.574. The lowest BCUT2D eigenvalue weighted by molar-refractivity contribution is -0.147. The number of methoxy groups -OCH3 is 1. The van der Waals surface area contributed by atoms with Gasteiger partial charge in [0, 0.05) is 0 Å². The minimum Gasteiger partial charge on any atom is -0.478 e. The summed E-state index contributed by atoms with van der Waals surface area (Å²) in [4.78, 5) is 11.2. The summed E-state index contributed by atoms with van der Waals surface area (Å²) in [6.45, 7) is 5.58. The molecule has 0 aliphatic carbocycles. The lowest BCUT2D eigenvalue weighted by Crippen LogP contribution is -2.25. The zero-order chi connectivity index (χ0) is 11.4. The van der Waals surface area contributed by atoms with Crippen molar-refractivity contribution in [2.45, 2.75) is 26.9 Å². The molecule has 0 amide bonds. The Morgan fingerprint density at radius 2 is 1.80 bits per heavy atom. The number of hydrogen-bond donors (Lipinski definition) is 0. The summed E-state index contributed by atoms with van der Waals surface area (Å²) in [6.07, 6.45) is -0.574. The summed E-state index contributed by atoms with van der Waals surface area (Å²) in [7, 11) is 1.35. The molecule has 0 saturated carbocycles. The second kappa shape index (κ2) is 4.82. The second-order valence-electron chi connectivity index (χ2n) is 3.50. The number of carbonyl (C=O) groups is 1. The second-order valence-corrected chi connectivity index (χ2v) is 3.50. The molecule has 1 atom stereocenters. The summed E-state index contributed by atoms with van der Waals surface area (Å²) in [5.41, 5.74) is 2.04. The van der Waals surface area contributed by atoms with Crippen LogP contribution in [0.5, 0.6) is 5.75 Å². The number of carbonyl (C=O) groups excluding carboxylic acids is 1. The number of hydrogen-bond acceptors (Lipinski definition) is 3. The van der Waals surface area contributed by atoms with Crippen LogP contribution in [0.1, 0.15) is 18.1 Å². The van der Waals surface area contributed by atoms with Gasteiger partial charge in [-0.15, -0.1) is 0 Å². The third-order valence-electron chi connectivity index (χ3n) is 2.24. The first kappa shape index (κ1) is 11.6. The standard InChI is InChI=1S/C12H16O3/c1-8-6-5-7-9(2)11(8)15-10(3)12(13)14-4/h5-7,10H,1-4H3/t10-/m1/s1. The number of para-hydroxylation sites is 1. The van der Waals surface area contributed by atoms with Crippen molar-refractivity contribution in [2.24, 2.45) is 0 Å². The van der Waals surface area contributed by atoms with Crippen molar-refractivity contribution < 1.29 is 14.3 Å². The highest BCUT2D eigenvalue weighted by atomic mass is 16.6. The van der Waals surface area contributed by atoms with Crippen molar-refractivity contribution in [2.75, 3.05) is 7.11 Å². The predicted octanol–water partition coefficient (Wildman–Crippen LogP) is 2.24. The zero-order valence-electron chi connectivity index (χ0n) is 9.53. The average Bonchev–Trinajstić information content (AvgIpc) is 2.22. The largest absolute Gasteiger partial charge is 0.478 e. The van der Waals surface area contributed by atoms with Crippen molar-refractivity contribution in [3.8, 4) is 5.75 Å². The molecule has 82 valence electrons. The van der Waals surface area contributed by atoms with Gasteiger partial charge in [0.15, 0.2) is 6.10 Å². The highest BCUT2D eigenvalue weighted by molar-refractivity contribution is 5.74. The van der Waals surface area contributed by atoms with Crippen molar-refractivity contribution in [1.82, 2.24) is 0 Å². The van der Waals surface area contributed by atoms with Gasteiger partial charge in [-0.3, -0.25) is 0 Å². The highest BCUT2D eigenvalue weighted by Crippen LogP contribution is 2.23. The number of ether oxygens (including phenoxy) is 2. The fourth-order valence-electron chi connectivity index (χ4n) is 1.38. The van der Waals surface area contributed by atoms with Crippen molar-refractivity contribution in [1.29, 1.82) is 0 Å². The summed E-state index contributed by atoms with van der Waals surface area (Å²) in [5, 5.41) is 0. The number of benzene rings is 1. The summed E-state index contributed by atoms with van der Waals surface area (Å²) in [6, 6.07) is 5.86. The van der Waals surface area contributed by atoms with Crippen LogP contribution in [0.3, 0.4) is 0 Å². The Morgan fingerprint density at radius 1 is 1.27 bits per heavy atom. The molecule has 3 heteroatoms. The Bertz CT molecular complexity index is 338. The van der Waals surface area contributed by atoms with E-state index in [1.165, 1.54) is 7.11 Å². The third kappa shape index (κ3) is 2.72. The van der Waals surface area contributed by atoms with Crippen LogP contribution in [0.15, 0.2) is 18.2 Å². The van der Waals surface area contributed by atoms with Gasteiger partial charge in [0.25, 0.3) is 0 Å². The summed E-state index contributed by atoms with van der Waals surface area (Å²) >= 11 is 0. The zero-order valence-corrected chi connectivity index (χ0v) is 9.53. The number of esters is 1. The van der Waals surface area contributed by atoms with Crippen LogP contribution in [0, 0.1) is 13.8 Å². The Morgan fingerprint density at radius 3 is 2.27 bits per heavy atom. The van der Waals surface area contributed by atoms with Crippen LogP contribution >= 0.6 is 0 Å².